The minimum absolute atomic E-state index is 0.131. The number of aryl methyl sites for hydroxylation is 1. The molecule has 0 radical (unpaired) electrons. The average Bonchev–Trinajstić information content (AvgIpc) is 2.76. The third kappa shape index (κ3) is 3.68. The van der Waals surface area contributed by atoms with E-state index < -0.39 is 5.97 Å². The lowest BCUT2D eigenvalue weighted by Crippen LogP contribution is -2.19. The Labute approximate surface area is 112 Å². The van der Waals surface area contributed by atoms with E-state index in [0.29, 0.717) is 18.1 Å². The Hall–Kier alpha value is -2.09. The van der Waals surface area contributed by atoms with Gasteiger partial charge in [-0.25, -0.2) is 9.89 Å². The van der Waals surface area contributed by atoms with Gasteiger partial charge in [-0.1, -0.05) is 17.8 Å². The lowest BCUT2D eigenvalue weighted by atomic mass is 10.3. The van der Waals surface area contributed by atoms with Crippen LogP contribution in [0.15, 0.2) is 34.3 Å². The predicted molar refractivity (Wildman–Crippen MR) is 69.1 cm³/mol. The van der Waals surface area contributed by atoms with Crippen LogP contribution in [0.1, 0.15) is 5.69 Å². The van der Waals surface area contributed by atoms with E-state index in [-0.39, 0.29) is 11.4 Å². The third-order valence-corrected chi connectivity index (χ3v) is 3.33. The quantitative estimate of drug-likeness (QED) is 0.742. The van der Waals surface area contributed by atoms with Gasteiger partial charge in [-0.3, -0.25) is 14.3 Å². The summed E-state index contributed by atoms with van der Waals surface area (Å²) in [6, 6.07) is 5.57. The van der Waals surface area contributed by atoms with Crippen LogP contribution in [-0.2, 0) is 17.8 Å². The fourth-order valence-corrected chi connectivity index (χ4v) is 2.20. The van der Waals surface area contributed by atoms with Crippen molar-refractivity contribution in [1.82, 2.24) is 19.7 Å². The number of hydrogen-bond acceptors (Lipinski definition) is 5. The molecule has 19 heavy (non-hydrogen) atoms. The van der Waals surface area contributed by atoms with Gasteiger partial charge in [0, 0.05) is 24.9 Å². The van der Waals surface area contributed by atoms with Gasteiger partial charge in [0.1, 0.15) is 0 Å². The van der Waals surface area contributed by atoms with Crippen LogP contribution in [-0.4, -0.2) is 36.6 Å². The Bertz CT molecular complexity index is 608. The third-order valence-electron chi connectivity index (χ3n) is 2.37. The van der Waals surface area contributed by atoms with E-state index in [2.05, 4.69) is 15.2 Å². The number of thioether (sulfide) groups is 1. The van der Waals surface area contributed by atoms with E-state index in [1.165, 1.54) is 4.57 Å². The van der Waals surface area contributed by atoms with Gasteiger partial charge in [0.05, 0.1) is 5.75 Å². The van der Waals surface area contributed by atoms with Crippen molar-refractivity contribution in [2.45, 2.75) is 18.1 Å². The molecule has 0 aliphatic rings. The van der Waals surface area contributed by atoms with E-state index in [1.807, 2.05) is 18.2 Å². The van der Waals surface area contributed by atoms with E-state index in [4.69, 9.17) is 5.11 Å². The standard InChI is InChI=1S/C11H12N4O3S/c16-9(17)7-19-11-14-13-10(18)15(11)6-4-8-3-1-2-5-12-8/h1-3,5H,4,6-7H2,(H,13,18)(H,16,17). The van der Waals surface area contributed by atoms with Crippen molar-refractivity contribution in [3.05, 3.63) is 40.6 Å². The summed E-state index contributed by atoms with van der Waals surface area (Å²) in [6.07, 6.45) is 2.27. The first-order chi connectivity index (χ1) is 9.16. The van der Waals surface area contributed by atoms with Gasteiger partial charge >= 0.3 is 11.7 Å². The highest BCUT2D eigenvalue weighted by molar-refractivity contribution is 7.99. The van der Waals surface area contributed by atoms with E-state index in [1.54, 1.807) is 6.20 Å². The van der Waals surface area contributed by atoms with Crippen LogP contribution in [0, 0.1) is 0 Å². The summed E-state index contributed by atoms with van der Waals surface area (Å²) in [5.74, 6) is -1.08. The van der Waals surface area contributed by atoms with Gasteiger partial charge in [-0.15, -0.1) is 5.10 Å². The Kier molecular flexibility index (Phi) is 4.35. The zero-order chi connectivity index (χ0) is 13.7. The number of aromatic nitrogens is 4. The normalized spacial score (nSPS) is 10.5. The highest BCUT2D eigenvalue weighted by atomic mass is 32.2. The number of nitrogens with zero attached hydrogens (tertiary/aromatic N) is 3. The van der Waals surface area contributed by atoms with Crippen LogP contribution in [0.3, 0.4) is 0 Å². The summed E-state index contributed by atoms with van der Waals surface area (Å²) in [6.45, 7) is 0.411. The van der Waals surface area contributed by atoms with Crippen LogP contribution in [0.4, 0.5) is 0 Å². The monoisotopic (exact) mass is 280 g/mol. The molecule has 0 aromatic carbocycles. The topological polar surface area (TPSA) is 101 Å². The summed E-state index contributed by atoms with van der Waals surface area (Å²) in [7, 11) is 0. The first kappa shape index (κ1) is 13.3. The first-order valence-electron chi connectivity index (χ1n) is 5.56. The summed E-state index contributed by atoms with van der Waals surface area (Å²) in [5, 5.41) is 15.1. The van der Waals surface area contributed by atoms with E-state index >= 15 is 0 Å². The molecule has 0 aliphatic heterocycles. The number of carboxylic acids is 1. The number of aliphatic carboxylic acids is 1. The lowest BCUT2D eigenvalue weighted by Gasteiger charge is -2.04. The molecule has 0 saturated heterocycles. The highest BCUT2D eigenvalue weighted by Gasteiger charge is 2.10. The molecule has 0 bridgehead atoms. The fraction of sp³-hybridized carbons (Fsp3) is 0.273. The number of carbonyl (C=O) groups is 1. The van der Waals surface area contributed by atoms with Gasteiger partial charge in [0.25, 0.3) is 0 Å². The zero-order valence-electron chi connectivity index (χ0n) is 9.94. The Morgan fingerprint density at radius 2 is 2.32 bits per heavy atom. The number of nitrogens with one attached hydrogen (secondary N) is 1. The Balaban J connectivity index is 2.05. The molecule has 0 unspecified atom stereocenters. The number of carboxylic acid groups (broad SMARTS) is 1. The minimum Gasteiger partial charge on any atom is -0.481 e. The van der Waals surface area contributed by atoms with Crippen LogP contribution < -0.4 is 5.69 Å². The lowest BCUT2D eigenvalue weighted by molar-refractivity contribution is -0.133. The van der Waals surface area contributed by atoms with Gasteiger partial charge in [-0.2, -0.15) is 0 Å². The molecule has 0 spiro atoms. The summed E-state index contributed by atoms with van der Waals surface area (Å²) in [4.78, 5) is 26.2. The number of hydrogen-bond donors (Lipinski definition) is 2. The molecule has 100 valence electrons. The van der Waals surface area contributed by atoms with Gasteiger partial charge < -0.3 is 5.11 Å². The summed E-state index contributed by atoms with van der Waals surface area (Å²) < 4.78 is 1.42. The number of pyridine rings is 1. The smallest absolute Gasteiger partial charge is 0.343 e. The van der Waals surface area contributed by atoms with E-state index in [9.17, 15) is 9.59 Å². The molecular weight excluding hydrogens is 268 g/mol. The average molecular weight is 280 g/mol. The van der Waals surface area contributed by atoms with Crippen LogP contribution in [0.2, 0.25) is 0 Å². The molecule has 0 saturated carbocycles. The van der Waals surface area contributed by atoms with Crippen molar-refractivity contribution in [2.75, 3.05) is 5.75 Å². The second-order valence-electron chi connectivity index (χ2n) is 3.72. The largest absolute Gasteiger partial charge is 0.481 e. The number of rotatable bonds is 6. The predicted octanol–water partition coefficient (Wildman–Crippen LogP) is 0.386. The molecule has 7 nitrogen and oxygen atoms in total. The van der Waals surface area contributed by atoms with Crippen LogP contribution in [0.5, 0.6) is 0 Å². The molecule has 0 amide bonds. The molecule has 8 heteroatoms. The van der Waals surface area contributed by atoms with Crippen molar-refractivity contribution >= 4 is 17.7 Å². The minimum atomic E-state index is -0.947. The molecule has 2 rings (SSSR count). The Morgan fingerprint density at radius 1 is 1.47 bits per heavy atom. The highest BCUT2D eigenvalue weighted by Crippen LogP contribution is 2.12. The van der Waals surface area contributed by atoms with Crippen molar-refractivity contribution in [3.8, 4) is 0 Å². The van der Waals surface area contributed by atoms with Gasteiger partial charge in [0.15, 0.2) is 5.16 Å². The second kappa shape index (κ2) is 6.19. The van der Waals surface area contributed by atoms with Crippen molar-refractivity contribution in [2.24, 2.45) is 0 Å². The van der Waals surface area contributed by atoms with Crippen molar-refractivity contribution in [3.63, 3.8) is 0 Å². The second-order valence-corrected chi connectivity index (χ2v) is 4.66. The molecule has 2 aromatic rings. The zero-order valence-corrected chi connectivity index (χ0v) is 10.8. The van der Waals surface area contributed by atoms with Gasteiger partial charge in [-0.05, 0) is 12.1 Å². The van der Waals surface area contributed by atoms with E-state index in [0.717, 1.165) is 17.5 Å². The molecule has 0 atom stereocenters. The maximum absolute atomic E-state index is 11.6. The molecule has 0 fully saturated rings. The van der Waals surface area contributed by atoms with Crippen molar-refractivity contribution in [1.29, 1.82) is 0 Å². The maximum atomic E-state index is 11.6. The number of aromatic amines is 1. The Morgan fingerprint density at radius 3 is 3.00 bits per heavy atom. The summed E-state index contributed by atoms with van der Waals surface area (Å²) in [5.41, 5.74) is 0.522. The first-order valence-corrected chi connectivity index (χ1v) is 6.55. The molecule has 0 aliphatic carbocycles. The number of H-pyrrole nitrogens is 1. The van der Waals surface area contributed by atoms with Crippen LogP contribution in [0.25, 0.3) is 0 Å². The maximum Gasteiger partial charge on any atom is 0.343 e. The van der Waals surface area contributed by atoms with Crippen molar-refractivity contribution < 1.29 is 9.90 Å². The van der Waals surface area contributed by atoms with Gasteiger partial charge in [0.2, 0.25) is 0 Å². The fourth-order valence-electron chi connectivity index (χ4n) is 1.51. The molecule has 2 aromatic heterocycles. The summed E-state index contributed by atoms with van der Waals surface area (Å²) >= 11 is 1.01. The molecule has 2 N–H and O–H groups in total. The molecule has 2 heterocycles. The SMILES string of the molecule is O=C(O)CSc1n[nH]c(=O)n1CCc1ccccn1. The molecular formula is C11H12N4O3S. The van der Waals surface area contributed by atoms with Crippen LogP contribution >= 0.6 is 11.8 Å².